The first-order chi connectivity index (χ1) is 13.5. The second-order valence-corrected chi connectivity index (χ2v) is 7.94. The average Bonchev–Trinajstić information content (AvgIpc) is 3.24. The Kier molecular flexibility index (Phi) is 4.77. The topological polar surface area (TPSA) is 59.5 Å². The molecule has 2 unspecified atom stereocenters. The van der Waals surface area contributed by atoms with Crippen molar-refractivity contribution in [1.82, 2.24) is 14.7 Å². The number of likely N-dealkylation sites (N-methyl/N-ethyl adjacent to an activating group) is 1. The number of hydrogen-bond donors (Lipinski definition) is 0. The SMILES string of the molecule is CCCCCN1C(=O)C2C(N=C3N(c4cccc(C)c4C)CCN32)N(C)C1=O. The molecule has 2 atom stereocenters. The molecule has 3 aliphatic rings. The van der Waals surface area contributed by atoms with Gasteiger partial charge in [-0.3, -0.25) is 9.69 Å². The van der Waals surface area contributed by atoms with Gasteiger partial charge in [0.05, 0.1) is 0 Å². The number of anilines is 1. The van der Waals surface area contributed by atoms with Gasteiger partial charge in [0, 0.05) is 32.4 Å². The van der Waals surface area contributed by atoms with Crippen LogP contribution in [0.1, 0.15) is 37.3 Å². The molecule has 0 N–H and O–H groups in total. The zero-order valence-electron chi connectivity index (χ0n) is 17.2. The van der Waals surface area contributed by atoms with Crippen molar-refractivity contribution in [1.29, 1.82) is 0 Å². The van der Waals surface area contributed by atoms with Gasteiger partial charge in [0.25, 0.3) is 5.91 Å². The molecule has 3 amide bonds. The fourth-order valence-corrected chi connectivity index (χ4v) is 4.42. The molecule has 4 rings (SSSR count). The van der Waals surface area contributed by atoms with Crippen LogP contribution in [-0.4, -0.2) is 71.5 Å². The maximum Gasteiger partial charge on any atom is 0.328 e. The lowest BCUT2D eigenvalue weighted by Gasteiger charge is -2.40. The first kappa shape index (κ1) is 18.8. The quantitative estimate of drug-likeness (QED) is 0.734. The summed E-state index contributed by atoms with van der Waals surface area (Å²) in [5.41, 5.74) is 3.58. The van der Waals surface area contributed by atoms with Crippen LogP contribution in [-0.2, 0) is 4.79 Å². The van der Waals surface area contributed by atoms with Crippen LogP contribution in [0.3, 0.4) is 0 Å². The lowest BCUT2D eigenvalue weighted by Crippen LogP contribution is -2.64. The van der Waals surface area contributed by atoms with Crippen LogP contribution in [0.2, 0.25) is 0 Å². The number of urea groups is 1. The third kappa shape index (κ3) is 2.75. The van der Waals surface area contributed by atoms with Gasteiger partial charge in [0.2, 0.25) is 5.96 Å². The van der Waals surface area contributed by atoms with Crippen LogP contribution < -0.4 is 4.90 Å². The van der Waals surface area contributed by atoms with Gasteiger partial charge in [-0.15, -0.1) is 0 Å². The molecule has 0 saturated carbocycles. The molecular formula is C21H29N5O2. The number of imide groups is 1. The molecule has 0 spiro atoms. The number of carbonyl (C=O) groups is 2. The number of nitrogens with zero attached hydrogens (tertiary/aromatic N) is 5. The first-order valence-corrected chi connectivity index (χ1v) is 10.2. The number of fused-ring (bicyclic) bond motifs is 3. The summed E-state index contributed by atoms with van der Waals surface area (Å²) in [6.07, 6.45) is 2.48. The van der Waals surface area contributed by atoms with E-state index in [0.717, 1.165) is 44.0 Å². The number of rotatable bonds is 5. The third-order valence-electron chi connectivity index (χ3n) is 6.23. The van der Waals surface area contributed by atoms with Crippen molar-refractivity contribution >= 4 is 23.6 Å². The highest BCUT2D eigenvalue weighted by Crippen LogP contribution is 2.34. The van der Waals surface area contributed by atoms with Gasteiger partial charge in [-0.1, -0.05) is 31.9 Å². The van der Waals surface area contributed by atoms with E-state index in [1.165, 1.54) is 16.0 Å². The van der Waals surface area contributed by atoms with E-state index in [4.69, 9.17) is 4.99 Å². The van der Waals surface area contributed by atoms with Gasteiger partial charge in [-0.25, -0.2) is 9.79 Å². The Morgan fingerprint density at radius 1 is 1.14 bits per heavy atom. The summed E-state index contributed by atoms with van der Waals surface area (Å²) in [5, 5.41) is 0. The summed E-state index contributed by atoms with van der Waals surface area (Å²) < 4.78 is 0. The summed E-state index contributed by atoms with van der Waals surface area (Å²) in [6, 6.07) is 5.62. The molecule has 0 radical (unpaired) electrons. The molecule has 28 heavy (non-hydrogen) atoms. The molecule has 0 aliphatic carbocycles. The second-order valence-electron chi connectivity index (χ2n) is 7.94. The van der Waals surface area contributed by atoms with Gasteiger partial charge < -0.3 is 14.7 Å². The molecule has 2 saturated heterocycles. The molecule has 2 fully saturated rings. The fraction of sp³-hybridized carbons (Fsp3) is 0.571. The van der Waals surface area contributed by atoms with Crippen molar-refractivity contribution in [2.24, 2.45) is 4.99 Å². The molecule has 1 aromatic carbocycles. The maximum absolute atomic E-state index is 13.2. The normalized spacial score (nSPS) is 24.1. The lowest BCUT2D eigenvalue weighted by molar-refractivity contribution is -0.137. The zero-order chi connectivity index (χ0) is 20.0. The van der Waals surface area contributed by atoms with E-state index in [9.17, 15) is 9.59 Å². The number of carbonyl (C=O) groups excluding carboxylic acids is 2. The number of hydrogen-bond acceptors (Lipinski definition) is 5. The van der Waals surface area contributed by atoms with E-state index in [1.54, 1.807) is 11.9 Å². The highest BCUT2D eigenvalue weighted by molar-refractivity contribution is 6.08. The van der Waals surface area contributed by atoms with Crippen LogP contribution in [0.25, 0.3) is 0 Å². The van der Waals surface area contributed by atoms with Crippen molar-refractivity contribution in [2.75, 3.05) is 31.6 Å². The summed E-state index contributed by atoms with van der Waals surface area (Å²) in [6.45, 7) is 8.37. The molecule has 0 bridgehead atoms. The van der Waals surface area contributed by atoms with Gasteiger partial charge >= 0.3 is 6.03 Å². The summed E-state index contributed by atoms with van der Waals surface area (Å²) in [7, 11) is 1.76. The number of aliphatic imine (C=N–C) groups is 1. The number of aryl methyl sites for hydroxylation is 1. The third-order valence-corrected chi connectivity index (χ3v) is 6.23. The minimum absolute atomic E-state index is 0.106. The fourth-order valence-electron chi connectivity index (χ4n) is 4.42. The number of benzene rings is 1. The van der Waals surface area contributed by atoms with E-state index in [2.05, 4.69) is 48.8 Å². The van der Waals surface area contributed by atoms with E-state index in [0.29, 0.717) is 6.54 Å². The minimum atomic E-state index is -0.439. The number of unbranched alkanes of at least 4 members (excludes halogenated alkanes) is 2. The molecule has 150 valence electrons. The van der Waals surface area contributed by atoms with Crippen LogP contribution >= 0.6 is 0 Å². The van der Waals surface area contributed by atoms with Crippen molar-refractivity contribution in [3.8, 4) is 0 Å². The van der Waals surface area contributed by atoms with Gasteiger partial charge in [-0.05, 0) is 37.5 Å². The molecule has 3 aliphatic heterocycles. The van der Waals surface area contributed by atoms with Gasteiger partial charge in [0.15, 0.2) is 12.2 Å². The average molecular weight is 383 g/mol. The summed E-state index contributed by atoms with van der Waals surface area (Å²) >= 11 is 0. The molecule has 3 heterocycles. The van der Waals surface area contributed by atoms with Crippen LogP contribution in [0.5, 0.6) is 0 Å². The Bertz CT molecular complexity index is 836. The number of guanidine groups is 1. The maximum atomic E-state index is 13.2. The highest BCUT2D eigenvalue weighted by Gasteiger charge is 2.54. The predicted octanol–water partition coefficient (Wildman–Crippen LogP) is 2.57. The smallest absolute Gasteiger partial charge is 0.325 e. The standard InChI is InChI=1S/C21H29N5O2/c1-5-6-7-11-26-19(27)17-18(23(4)21(26)28)22-20-24(12-13-25(17)20)16-10-8-9-14(2)15(16)3/h8-10,17-18H,5-7,11-13H2,1-4H3. The minimum Gasteiger partial charge on any atom is -0.325 e. The Hall–Kier alpha value is -2.57. The largest absolute Gasteiger partial charge is 0.328 e. The first-order valence-electron chi connectivity index (χ1n) is 10.2. The van der Waals surface area contributed by atoms with Crippen LogP contribution in [0, 0.1) is 13.8 Å². The molecule has 0 aromatic heterocycles. The van der Waals surface area contributed by atoms with Crippen LogP contribution in [0.15, 0.2) is 23.2 Å². The summed E-state index contributed by atoms with van der Waals surface area (Å²) in [5.74, 6) is 0.706. The van der Waals surface area contributed by atoms with E-state index in [1.807, 2.05) is 0 Å². The van der Waals surface area contributed by atoms with Crippen molar-refractivity contribution in [3.05, 3.63) is 29.3 Å². The zero-order valence-corrected chi connectivity index (χ0v) is 17.2. The lowest BCUT2D eigenvalue weighted by atomic mass is 10.1. The Morgan fingerprint density at radius 2 is 1.93 bits per heavy atom. The molecular weight excluding hydrogens is 354 g/mol. The Labute approximate surface area is 166 Å². The summed E-state index contributed by atoms with van der Waals surface area (Å²) in [4.78, 5) is 38.2. The van der Waals surface area contributed by atoms with E-state index in [-0.39, 0.29) is 11.9 Å². The second kappa shape index (κ2) is 7.11. The highest BCUT2D eigenvalue weighted by atomic mass is 16.2. The van der Waals surface area contributed by atoms with Gasteiger partial charge in [-0.2, -0.15) is 0 Å². The Morgan fingerprint density at radius 3 is 2.68 bits per heavy atom. The van der Waals surface area contributed by atoms with Crippen molar-refractivity contribution < 1.29 is 9.59 Å². The van der Waals surface area contributed by atoms with Crippen molar-refractivity contribution in [3.63, 3.8) is 0 Å². The predicted molar refractivity (Wildman–Crippen MR) is 109 cm³/mol. The van der Waals surface area contributed by atoms with E-state index < -0.39 is 12.2 Å². The monoisotopic (exact) mass is 383 g/mol. The van der Waals surface area contributed by atoms with Crippen molar-refractivity contribution in [2.45, 2.75) is 52.2 Å². The van der Waals surface area contributed by atoms with E-state index >= 15 is 0 Å². The Balaban J connectivity index is 1.62. The molecule has 1 aromatic rings. The molecule has 7 heteroatoms. The molecule has 7 nitrogen and oxygen atoms in total. The number of amides is 3. The van der Waals surface area contributed by atoms with Crippen LogP contribution in [0.4, 0.5) is 10.5 Å². The van der Waals surface area contributed by atoms with Gasteiger partial charge in [0.1, 0.15) is 0 Å².